The van der Waals surface area contributed by atoms with Crippen molar-refractivity contribution in [2.75, 3.05) is 45.1 Å². The molecule has 3 aliphatic heterocycles. The van der Waals surface area contributed by atoms with Crippen molar-refractivity contribution in [3.63, 3.8) is 0 Å². The van der Waals surface area contributed by atoms with Crippen molar-refractivity contribution >= 4 is 22.9 Å². The second-order valence-electron chi connectivity index (χ2n) is 7.83. The Kier molecular flexibility index (Phi) is 4.56. The van der Waals surface area contributed by atoms with Gasteiger partial charge in [-0.25, -0.2) is 4.39 Å². The molecule has 0 atom stereocenters. The molecule has 6 nitrogen and oxygen atoms in total. The first-order chi connectivity index (χ1) is 14.1. The van der Waals surface area contributed by atoms with Crippen LogP contribution in [0.25, 0.3) is 11.3 Å². The zero-order chi connectivity index (χ0) is 20.0. The van der Waals surface area contributed by atoms with E-state index >= 15 is 0 Å². The molecule has 0 aliphatic carbocycles. The van der Waals surface area contributed by atoms with Gasteiger partial charge in [0.15, 0.2) is 0 Å². The first kappa shape index (κ1) is 18.3. The highest BCUT2D eigenvalue weighted by atomic mass is 19.1. The molecule has 1 fully saturated rings. The van der Waals surface area contributed by atoms with E-state index in [2.05, 4.69) is 22.2 Å². The van der Waals surface area contributed by atoms with Crippen LogP contribution in [0.15, 0.2) is 30.3 Å². The van der Waals surface area contributed by atoms with Crippen molar-refractivity contribution in [2.45, 2.75) is 13.0 Å². The lowest BCUT2D eigenvalue weighted by atomic mass is 10.0. The van der Waals surface area contributed by atoms with Crippen LogP contribution in [0.3, 0.4) is 0 Å². The number of anilines is 1. The van der Waals surface area contributed by atoms with E-state index in [4.69, 9.17) is 9.72 Å². The Hall–Kier alpha value is -2.77. The summed E-state index contributed by atoms with van der Waals surface area (Å²) >= 11 is 0. The van der Waals surface area contributed by atoms with Gasteiger partial charge in [0.05, 0.1) is 11.3 Å². The van der Waals surface area contributed by atoms with Gasteiger partial charge in [-0.15, -0.1) is 0 Å². The first-order valence-electron chi connectivity index (χ1n) is 9.97. The third kappa shape index (κ3) is 3.41. The van der Waals surface area contributed by atoms with Gasteiger partial charge in [-0.05, 0) is 37.4 Å². The number of ether oxygens (including phenoxy) is 1. The minimum Gasteiger partial charge on any atom is -0.486 e. The van der Waals surface area contributed by atoms with Crippen molar-refractivity contribution < 1.29 is 13.9 Å². The maximum Gasteiger partial charge on any atom is 0.260 e. The van der Waals surface area contributed by atoms with E-state index in [0.717, 1.165) is 56.1 Å². The van der Waals surface area contributed by atoms with Crippen LogP contribution in [0, 0.1) is 5.82 Å². The van der Waals surface area contributed by atoms with Crippen molar-refractivity contribution in [3.05, 3.63) is 58.7 Å². The van der Waals surface area contributed by atoms with Crippen LogP contribution in [0.1, 0.15) is 22.5 Å². The van der Waals surface area contributed by atoms with Gasteiger partial charge in [0.2, 0.25) is 0 Å². The molecule has 1 saturated heterocycles. The molecular formula is C22H23FN4O2. The van der Waals surface area contributed by atoms with Gasteiger partial charge >= 0.3 is 0 Å². The lowest BCUT2D eigenvalue weighted by Gasteiger charge is -2.32. The average molecular weight is 394 g/mol. The van der Waals surface area contributed by atoms with Gasteiger partial charge in [0.25, 0.3) is 5.91 Å². The normalized spacial score (nSPS) is 21.7. The maximum absolute atomic E-state index is 13.7. The summed E-state index contributed by atoms with van der Waals surface area (Å²) in [6.45, 7) is 5.70. The van der Waals surface area contributed by atoms with E-state index in [1.54, 1.807) is 6.07 Å². The Bertz CT molecular complexity index is 1010. The molecule has 2 aromatic rings. The lowest BCUT2D eigenvalue weighted by Crippen LogP contribution is -2.45. The Balaban J connectivity index is 1.38. The SMILES string of the molecule is CN1CCN(CCc2ccc3c(n2)CO/C3=C2\C(=O)Nc3ccc(F)cc32)CC1. The quantitative estimate of drug-likeness (QED) is 0.810. The van der Waals surface area contributed by atoms with Crippen LogP contribution in [-0.2, 0) is 22.6 Å². The minimum atomic E-state index is -0.381. The number of benzene rings is 1. The lowest BCUT2D eigenvalue weighted by molar-refractivity contribution is -0.110. The highest BCUT2D eigenvalue weighted by Crippen LogP contribution is 2.41. The second-order valence-corrected chi connectivity index (χ2v) is 7.83. The molecule has 1 N–H and O–H groups in total. The molecule has 5 rings (SSSR count). The number of halogens is 1. The number of carbonyl (C=O) groups excluding carboxylic acids is 1. The number of amides is 1. The fourth-order valence-corrected chi connectivity index (χ4v) is 4.14. The van der Waals surface area contributed by atoms with Gasteiger partial charge in [-0.2, -0.15) is 0 Å². The zero-order valence-electron chi connectivity index (χ0n) is 16.4. The molecule has 0 saturated carbocycles. The number of carbonyl (C=O) groups is 1. The molecule has 3 aliphatic rings. The standard InChI is InChI=1S/C22H23FN4O2/c1-26-8-10-27(11-9-26)7-6-15-3-4-16-19(24-15)13-29-21(16)20-17-12-14(23)2-5-18(17)25-22(20)28/h2-5,12H,6-11,13H2,1H3,(H,25,28)/b21-20-. The van der Waals surface area contributed by atoms with Crippen LogP contribution in [0.4, 0.5) is 10.1 Å². The summed E-state index contributed by atoms with van der Waals surface area (Å²) in [5, 5.41) is 2.78. The molecule has 0 radical (unpaired) electrons. The van der Waals surface area contributed by atoms with E-state index in [9.17, 15) is 9.18 Å². The van der Waals surface area contributed by atoms with Crippen LogP contribution >= 0.6 is 0 Å². The molecule has 0 spiro atoms. The van der Waals surface area contributed by atoms with Crippen molar-refractivity contribution in [1.29, 1.82) is 0 Å². The molecule has 0 bridgehead atoms. The number of hydrogen-bond donors (Lipinski definition) is 1. The summed E-state index contributed by atoms with van der Waals surface area (Å²) in [5.74, 6) is -0.165. The third-order valence-corrected chi connectivity index (χ3v) is 5.86. The minimum absolute atomic E-state index is 0.271. The van der Waals surface area contributed by atoms with Gasteiger partial charge in [0.1, 0.15) is 18.2 Å². The molecule has 1 amide bonds. The van der Waals surface area contributed by atoms with E-state index in [1.165, 1.54) is 12.1 Å². The van der Waals surface area contributed by atoms with Crippen LogP contribution < -0.4 is 5.32 Å². The van der Waals surface area contributed by atoms with Gasteiger partial charge in [0, 0.05) is 61.7 Å². The second kappa shape index (κ2) is 7.24. The van der Waals surface area contributed by atoms with E-state index in [-0.39, 0.29) is 11.7 Å². The van der Waals surface area contributed by atoms with Crippen molar-refractivity contribution in [2.24, 2.45) is 0 Å². The van der Waals surface area contributed by atoms with Crippen molar-refractivity contribution in [1.82, 2.24) is 14.8 Å². The third-order valence-electron chi connectivity index (χ3n) is 5.86. The fourth-order valence-electron chi connectivity index (χ4n) is 4.14. The number of pyridine rings is 1. The topological polar surface area (TPSA) is 57.7 Å². The predicted octanol–water partition coefficient (Wildman–Crippen LogP) is 2.36. The Morgan fingerprint density at radius 1 is 1.14 bits per heavy atom. The average Bonchev–Trinajstić information content (AvgIpc) is 3.26. The highest BCUT2D eigenvalue weighted by Gasteiger charge is 2.33. The molecule has 150 valence electrons. The maximum atomic E-state index is 13.7. The number of rotatable bonds is 3. The molecule has 0 unspecified atom stereocenters. The molecule has 1 aromatic heterocycles. The number of aromatic nitrogens is 1. The highest BCUT2D eigenvalue weighted by molar-refractivity contribution is 6.36. The molecule has 29 heavy (non-hydrogen) atoms. The smallest absolute Gasteiger partial charge is 0.260 e. The Morgan fingerprint density at radius 2 is 1.97 bits per heavy atom. The zero-order valence-corrected chi connectivity index (χ0v) is 16.4. The van der Waals surface area contributed by atoms with Crippen LogP contribution in [-0.4, -0.2) is 60.5 Å². The monoisotopic (exact) mass is 394 g/mol. The molecule has 4 heterocycles. The van der Waals surface area contributed by atoms with E-state index in [1.807, 2.05) is 12.1 Å². The molecule has 1 aromatic carbocycles. The predicted molar refractivity (Wildman–Crippen MR) is 109 cm³/mol. The number of likely N-dealkylation sites (N-methyl/N-ethyl adjacent to an activating group) is 1. The van der Waals surface area contributed by atoms with Crippen LogP contribution in [0.2, 0.25) is 0 Å². The summed E-state index contributed by atoms with van der Waals surface area (Å²) in [6, 6.07) is 8.26. The Labute approximate surface area is 169 Å². The van der Waals surface area contributed by atoms with E-state index < -0.39 is 0 Å². The summed E-state index contributed by atoms with van der Waals surface area (Å²) in [7, 11) is 2.16. The first-order valence-corrected chi connectivity index (χ1v) is 9.97. The largest absolute Gasteiger partial charge is 0.486 e. The summed E-state index contributed by atoms with van der Waals surface area (Å²) in [6.07, 6.45) is 0.886. The van der Waals surface area contributed by atoms with Gasteiger partial charge < -0.3 is 19.9 Å². The van der Waals surface area contributed by atoms with Crippen molar-refractivity contribution in [3.8, 4) is 0 Å². The van der Waals surface area contributed by atoms with Gasteiger partial charge in [-0.3, -0.25) is 9.78 Å². The number of piperazine rings is 1. The summed E-state index contributed by atoms with van der Waals surface area (Å²) < 4.78 is 19.6. The Morgan fingerprint density at radius 3 is 2.79 bits per heavy atom. The number of nitrogens with one attached hydrogen (secondary N) is 1. The van der Waals surface area contributed by atoms with Gasteiger partial charge in [-0.1, -0.05) is 0 Å². The van der Waals surface area contributed by atoms with E-state index in [0.29, 0.717) is 29.2 Å². The number of hydrogen-bond acceptors (Lipinski definition) is 5. The summed E-state index contributed by atoms with van der Waals surface area (Å²) in [4.78, 5) is 22.1. The van der Waals surface area contributed by atoms with Crippen LogP contribution in [0.5, 0.6) is 0 Å². The molecular weight excluding hydrogens is 371 g/mol. The molecule has 7 heteroatoms. The number of fused-ring (bicyclic) bond motifs is 2. The fraction of sp³-hybridized carbons (Fsp3) is 0.364. The summed E-state index contributed by atoms with van der Waals surface area (Å²) in [5.41, 5.74) is 4.20. The number of nitrogens with zero attached hydrogens (tertiary/aromatic N) is 3.